The highest BCUT2D eigenvalue weighted by atomic mass is 16.5. The lowest BCUT2D eigenvalue weighted by Gasteiger charge is -2.28. The topological polar surface area (TPSA) is 60.7 Å². The van der Waals surface area contributed by atoms with Crippen LogP contribution >= 0.6 is 0 Å². The quantitative estimate of drug-likeness (QED) is 0.451. The van der Waals surface area contributed by atoms with E-state index < -0.39 is 12.4 Å². The van der Waals surface area contributed by atoms with Crippen molar-refractivity contribution in [2.75, 3.05) is 0 Å². The Morgan fingerprint density at radius 1 is 1.10 bits per heavy atom. The fraction of sp³-hybridized carbons (Fsp3) is 1.00. The Kier molecular flexibility index (Phi) is 2.65. The standard InChI is InChI=1S/C7H14O3/c8-6-4-2-1-3-5(6)7(9)10/h5-10H,1-4H2. The van der Waals surface area contributed by atoms with Crippen LogP contribution in [0.1, 0.15) is 25.7 Å². The molecule has 2 unspecified atom stereocenters. The van der Waals surface area contributed by atoms with Crippen molar-refractivity contribution in [3.63, 3.8) is 0 Å². The number of aliphatic hydroxyl groups is 3. The van der Waals surface area contributed by atoms with Crippen LogP contribution in [0.2, 0.25) is 0 Å². The average Bonchev–Trinajstić information content (AvgIpc) is 1.88. The lowest BCUT2D eigenvalue weighted by atomic mass is 9.86. The SMILES string of the molecule is OC(O)C1CCCCC1O. The molecule has 0 heterocycles. The maximum Gasteiger partial charge on any atom is 0.156 e. The largest absolute Gasteiger partial charge is 0.393 e. The third-order valence-electron chi connectivity index (χ3n) is 2.16. The van der Waals surface area contributed by atoms with Gasteiger partial charge in [-0.3, -0.25) is 0 Å². The normalized spacial score (nSPS) is 34.8. The molecule has 1 rings (SSSR count). The van der Waals surface area contributed by atoms with E-state index in [0.29, 0.717) is 6.42 Å². The molecule has 0 saturated heterocycles. The van der Waals surface area contributed by atoms with E-state index in [1.165, 1.54) is 0 Å². The highest BCUT2D eigenvalue weighted by molar-refractivity contribution is 4.75. The Morgan fingerprint density at radius 2 is 1.70 bits per heavy atom. The van der Waals surface area contributed by atoms with Crippen LogP contribution in [0.15, 0.2) is 0 Å². The smallest absolute Gasteiger partial charge is 0.156 e. The number of aliphatic hydroxyl groups excluding tert-OH is 2. The molecular formula is C7H14O3. The maximum absolute atomic E-state index is 9.22. The zero-order chi connectivity index (χ0) is 7.56. The van der Waals surface area contributed by atoms with Crippen molar-refractivity contribution in [3.05, 3.63) is 0 Å². The van der Waals surface area contributed by atoms with E-state index in [1.54, 1.807) is 0 Å². The third kappa shape index (κ3) is 1.68. The molecule has 3 N–H and O–H groups in total. The van der Waals surface area contributed by atoms with Crippen molar-refractivity contribution < 1.29 is 15.3 Å². The third-order valence-corrected chi connectivity index (χ3v) is 2.16. The molecular weight excluding hydrogens is 132 g/mol. The monoisotopic (exact) mass is 146 g/mol. The summed E-state index contributed by atoms with van der Waals surface area (Å²) in [6.07, 6.45) is 1.61. The molecule has 0 aromatic carbocycles. The molecule has 0 aromatic rings. The Balaban J connectivity index is 2.40. The van der Waals surface area contributed by atoms with Crippen LogP contribution in [0.3, 0.4) is 0 Å². The minimum atomic E-state index is -1.34. The first-order chi connectivity index (χ1) is 4.72. The minimum absolute atomic E-state index is 0.311. The first kappa shape index (κ1) is 7.98. The van der Waals surface area contributed by atoms with Crippen LogP contribution in [0.5, 0.6) is 0 Å². The van der Waals surface area contributed by atoms with Gasteiger partial charge in [-0.2, -0.15) is 0 Å². The number of rotatable bonds is 1. The summed E-state index contributed by atoms with van der Waals surface area (Å²) in [7, 11) is 0. The Labute approximate surface area is 60.3 Å². The lowest BCUT2D eigenvalue weighted by Crippen LogP contribution is -2.34. The van der Waals surface area contributed by atoms with Gasteiger partial charge in [0.2, 0.25) is 0 Å². The van der Waals surface area contributed by atoms with E-state index in [4.69, 9.17) is 10.2 Å². The second kappa shape index (κ2) is 3.32. The summed E-state index contributed by atoms with van der Waals surface area (Å²) in [5.74, 6) is -0.311. The van der Waals surface area contributed by atoms with Gasteiger partial charge in [-0.1, -0.05) is 12.8 Å². The molecule has 0 amide bonds. The van der Waals surface area contributed by atoms with Crippen LogP contribution in [-0.2, 0) is 0 Å². The predicted molar refractivity (Wildman–Crippen MR) is 36.2 cm³/mol. The zero-order valence-corrected chi connectivity index (χ0v) is 5.90. The summed E-state index contributed by atoms with van der Waals surface area (Å²) in [5, 5.41) is 26.7. The molecule has 1 aliphatic rings. The van der Waals surface area contributed by atoms with Crippen molar-refractivity contribution in [3.8, 4) is 0 Å². The lowest BCUT2D eigenvalue weighted by molar-refractivity contribution is -0.128. The van der Waals surface area contributed by atoms with Gasteiger partial charge in [-0.25, -0.2) is 0 Å². The molecule has 1 saturated carbocycles. The van der Waals surface area contributed by atoms with Gasteiger partial charge in [0.05, 0.1) is 6.10 Å². The second-order valence-corrected chi connectivity index (χ2v) is 2.93. The van der Waals surface area contributed by atoms with Gasteiger partial charge in [0, 0.05) is 5.92 Å². The first-order valence-corrected chi connectivity index (χ1v) is 3.76. The van der Waals surface area contributed by atoms with Gasteiger partial charge >= 0.3 is 0 Å². The summed E-state index contributed by atoms with van der Waals surface area (Å²) in [6.45, 7) is 0. The molecule has 3 nitrogen and oxygen atoms in total. The molecule has 0 bridgehead atoms. The van der Waals surface area contributed by atoms with Gasteiger partial charge in [-0.05, 0) is 12.8 Å². The molecule has 3 heteroatoms. The Bertz CT molecular complexity index is 103. The van der Waals surface area contributed by atoms with Crippen LogP contribution in [-0.4, -0.2) is 27.7 Å². The van der Waals surface area contributed by atoms with E-state index in [-0.39, 0.29) is 5.92 Å². The molecule has 1 aliphatic carbocycles. The predicted octanol–water partition coefficient (Wildman–Crippen LogP) is -0.152. The van der Waals surface area contributed by atoms with Crippen molar-refractivity contribution in [2.45, 2.75) is 38.1 Å². The van der Waals surface area contributed by atoms with E-state index in [2.05, 4.69) is 0 Å². The molecule has 2 atom stereocenters. The fourth-order valence-corrected chi connectivity index (χ4v) is 1.49. The van der Waals surface area contributed by atoms with E-state index in [0.717, 1.165) is 19.3 Å². The molecule has 0 aliphatic heterocycles. The zero-order valence-electron chi connectivity index (χ0n) is 5.90. The van der Waals surface area contributed by atoms with E-state index in [9.17, 15) is 5.11 Å². The van der Waals surface area contributed by atoms with Crippen molar-refractivity contribution >= 4 is 0 Å². The van der Waals surface area contributed by atoms with E-state index in [1.807, 2.05) is 0 Å². The minimum Gasteiger partial charge on any atom is -0.393 e. The van der Waals surface area contributed by atoms with Gasteiger partial charge < -0.3 is 15.3 Å². The Hall–Kier alpha value is -0.120. The molecule has 1 fully saturated rings. The van der Waals surface area contributed by atoms with Crippen LogP contribution in [0, 0.1) is 5.92 Å². The number of hydrogen-bond donors (Lipinski definition) is 3. The first-order valence-electron chi connectivity index (χ1n) is 3.76. The highest BCUT2D eigenvalue weighted by Crippen LogP contribution is 2.25. The second-order valence-electron chi connectivity index (χ2n) is 2.93. The van der Waals surface area contributed by atoms with Gasteiger partial charge in [0.1, 0.15) is 0 Å². The number of hydrogen-bond acceptors (Lipinski definition) is 3. The van der Waals surface area contributed by atoms with Gasteiger partial charge in [0.25, 0.3) is 0 Å². The van der Waals surface area contributed by atoms with Gasteiger partial charge in [0.15, 0.2) is 6.29 Å². The van der Waals surface area contributed by atoms with Crippen molar-refractivity contribution in [2.24, 2.45) is 5.92 Å². The average molecular weight is 146 g/mol. The van der Waals surface area contributed by atoms with Crippen LogP contribution < -0.4 is 0 Å². The van der Waals surface area contributed by atoms with Crippen molar-refractivity contribution in [1.82, 2.24) is 0 Å². The molecule has 60 valence electrons. The summed E-state index contributed by atoms with van der Waals surface area (Å²) >= 11 is 0. The highest BCUT2D eigenvalue weighted by Gasteiger charge is 2.27. The molecule has 10 heavy (non-hydrogen) atoms. The molecule has 0 aromatic heterocycles. The summed E-state index contributed by atoms with van der Waals surface area (Å²) in [6, 6.07) is 0. The molecule has 0 radical (unpaired) electrons. The van der Waals surface area contributed by atoms with Crippen LogP contribution in [0.4, 0.5) is 0 Å². The van der Waals surface area contributed by atoms with Gasteiger partial charge in [-0.15, -0.1) is 0 Å². The summed E-state index contributed by atoms with van der Waals surface area (Å²) < 4.78 is 0. The van der Waals surface area contributed by atoms with Crippen LogP contribution in [0.25, 0.3) is 0 Å². The fourth-order valence-electron chi connectivity index (χ4n) is 1.49. The maximum atomic E-state index is 9.22. The molecule has 0 spiro atoms. The van der Waals surface area contributed by atoms with E-state index >= 15 is 0 Å². The Morgan fingerprint density at radius 3 is 2.10 bits per heavy atom. The summed E-state index contributed by atoms with van der Waals surface area (Å²) in [5.41, 5.74) is 0. The van der Waals surface area contributed by atoms with Crippen molar-refractivity contribution in [1.29, 1.82) is 0 Å². The summed E-state index contributed by atoms with van der Waals surface area (Å²) in [4.78, 5) is 0.